The van der Waals surface area contributed by atoms with Gasteiger partial charge < -0.3 is 10.1 Å². The minimum Gasteiger partial charge on any atom is -0.377 e. The molecule has 1 saturated carbocycles. The third kappa shape index (κ3) is 2.33. The van der Waals surface area contributed by atoms with Gasteiger partial charge in [-0.2, -0.15) is 5.26 Å². The molecule has 7 nitrogen and oxygen atoms in total. The molecule has 1 aromatic carbocycles. The predicted molar refractivity (Wildman–Crippen MR) is 92.2 cm³/mol. The molecule has 3 atom stereocenters. The monoisotopic (exact) mass is 338 g/mol. The highest BCUT2D eigenvalue weighted by molar-refractivity contribution is 5.88. The van der Waals surface area contributed by atoms with Crippen molar-refractivity contribution in [2.75, 3.05) is 11.9 Å². The fraction of sp³-hybridized carbons (Fsp3) is 0.444. The molecule has 2 heterocycles. The lowest BCUT2D eigenvalue weighted by Crippen LogP contribution is -2.63. The van der Waals surface area contributed by atoms with Gasteiger partial charge >= 0.3 is 0 Å². The summed E-state index contributed by atoms with van der Waals surface area (Å²) in [6, 6.07) is 8.43. The molecule has 25 heavy (non-hydrogen) atoms. The van der Waals surface area contributed by atoms with Crippen LogP contribution < -0.4 is 5.32 Å². The van der Waals surface area contributed by atoms with Gasteiger partial charge in [-0.15, -0.1) is 0 Å². The van der Waals surface area contributed by atoms with Crippen LogP contribution in [0.1, 0.15) is 25.8 Å². The Bertz CT molecular complexity index is 918. The molecule has 2 aliphatic rings. The first-order valence-electron chi connectivity index (χ1n) is 8.29. The van der Waals surface area contributed by atoms with Crippen molar-refractivity contribution in [3.05, 3.63) is 39.9 Å². The Morgan fingerprint density at radius 1 is 1.44 bits per heavy atom. The first kappa shape index (κ1) is 15.8. The van der Waals surface area contributed by atoms with E-state index in [1.807, 2.05) is 0 Å². The highest BCUT2D eigenvalue weighted by Crippen LogP contribution is 2.53. The maximum absolute atomic E-state index is 11.0. The van der Waals surface area contributed by atoms with E-state index in [1.165, 1.54) is 12.1 Å². The topological polar surface area (TPSA) is 101 Å². The van der Waals surface area contributed by atoms with Crippen LogP contribution in [0.3, 0.4) is 0 Å². The van der Waals surface area contributed by atoms with Gasteiger partial charge in [0.2, 0.25) is 0 Å². The van der Waals surface area contributed by atoms with E-state index in [9.17, 15) is 15.4 Å². The first-order chi connectivity index (χ1) is 11.9. The minimum absolute atomic E-state index is 0.0000840. The number of non-ortho nitro benzene ring substituents is 1. The summed E-state index contributed by atoms with van der Waals surface area (Å²) in [4.78, 5) is 15.1. The zero-order chi connectivity index (χ0) is 17.8. The summed E-state index contributed by atoms with van der Waals surface area (Å²) < 4.78 is 5.81. The Kier molecular flexibility index (Phi) is 3.41. The first-order valence-corrected chi connectivity index (χ1v) is 8.29. The van der Waals surface area contributed by atoms with Crippen molar-refractivity contribution in [3.8, 4) is 6.07 Å². The van der Waals surface area contributed by atoms with Gasteiger partial charge in [0.05, 0.1) is 28.2 Å². The second-order valence-electron chi connectivity index (χ2n) is 7.31. The molecule has 0 bridgehead atoms. The summed E-state index contributed by atoms with van der Waals surface area (Å²) >= 11 is 0. The Labute approximate surface area is 144 Å². The molecule has 2 aromatic rings. The molecule has 1 saturated heterocycles. The van der Waals surface area contributed by atoms with Gasteiger partial charge in [0, 0.05) is 41.5 Å². The Morgan fingerprint density at radius 3 is 2.96 bits per heavy atom. The highest BCUT2D eigenvalue weighted by atomic mass is 16.6. The molecule has 7 heteroatoms. The van der Waals surface area contributed by atoms with E-state index < -0.39 is 4.92 Å². The standard InChI is InChI=1S/C18H18N4O3/c1-18(2)16(12-5-6-25-17(12)18)21-15-7-10(9-19)13-8-11(22(23)24)3-4-14(13)20-15/h3-4,7-8,12,16-17H,5-6H2,1-2H3,(H,20,21)/t12-,16+,17+/m0/s1. The van der Waals surface area contributed by atoms with Crippen molar-refractivity contribution >= 4 is 22.4 Å². The molecule has 0 amide bonds. The van der Waals surface area contributed by atoms with Crippen molar-refractivity contribution in [2.45, 2.75) is 32.4 Å². The average Bonchev–Trinajstić information content (AvgIpc) is 3.05. The number of nitrogens with zero attached hydrogens (tertiary/aromatic N) is 3. The molecule has 2 fully saturated rings. The SMILES string of the molecule is CC1(C)[C@H](Nc2cc(C#N)c3cc([N+](=O)[O-])ccc3n2)[C@@H]2CCO[C@H]21. The molecule has 0 radical (unpaired) electrons. The van der Waals surface area contributed by atoms with Gasteiger partial charge in [0.25, 0.3) is 5.69 Å². The van der Waals surface area contributed by atoms with Gasteiger partial charge in [0.15, 0.2) is 0 Å². The third-order valence-electron chi connectivity index (χ3n) is 5.53. The lowest BCUT2D eigenvalue weighted by Gasteiger charge is -2.54. The Morgan fingerprint density at radius 2 is 2.24 bits per heavy atom. The zero-order valence-electron chi connectivity index (χ0n) is 14.0. The highest BCUT2D eigenvalue weighted by Gasteiger charge is 2.59. The molecule has 4 rings (SSSR count). The van der Waals surface area contributed by atoms with Crippen LogP contribution in [0.25, 0.3) is 10.9 Å². The van der Waals surface area contributed by atoms with Crippen LogP contribution in [-0.4, -0.2) is 28.7 Å². The van der Waals surface area contributed by atoms with Gasteiger partial charge in [-0.3, -0.25) is 10.1 Å². The molecular formula is C18H18N4O3. The van der Waals surface area contributed by atoms with E-state index in [1.54, 1.807) is 12.1 Å². The van der Waals surface area contributed by atoms with Crippen LogP contribution >= 0.6 is 0 Å². The predicted octanol–water partition coefficient (Wildman–Crippen LogP) is 3.24. The number of hydrogen-bond acceptors (Lipinski definition) is 6. The van der Waals surface area contributed by atoms with Gasteiger partial charge in [-0.25, -0.2) is 4.98 Å². The fourth-order valence-electron chi connectivity index (χ4n) is 4.27. The van der Waals surface area contributed by atoms with Gasteiger partial charge in [-0.1, -0.05) is 13.8 Å². The van der Waals surface area contributed by atoms with Crippen molar-refractivity contribution in [1.29, 1.82) is 5.26 Å². The molecule has 0 spiro atoms. The summed E-state index contributed by atoms with van der Waals surface area (Å²) in [6.45, 7) is 5.13. The number of benzene rings is 1. The molecular weight excluding hydrogens is 320 g/mol. The molecule has 128 valence electrons. The minimum atomic E-state index is -0.468. The maximum atomic E-state index is 11.0. The number of ether oxygens (including phenoxy) is 1. The number of nitriles is 1. The number of pyridine rings is 1. The Balaban J connectivity index is 1.70. The number of hydrogen-bond donors (Lipinski definition) is 1. The summed E-state index contributed by atoms with van der Waals surface area (Å²) in [5.41, 5.74) is 0.911. The van der Waals surface area contributed by atoms with Crippen LogP contribution in [0.4, 0.5) is 11.5 Å². The Hall–Kier alpha value is -2.72. The van der Waals surface area contributed by atoms with E-state index in [2.05, 4.69) is 30.2 Å². The van der Waals surface area contributed by atoms with E-state index in [0.29, 0.717) is 28.2 Å². The molecule has 1 aliphatic heterocycles. The van der Waals surface area contributed by atoms with Crippen LogP contribution in [0, 0.1) is 32.8 Å². The van der Waals surface area contributed by atoms with Gasteiger partial charge in [-0.05, 0) is 18.6 Å². The maximum Gasteiger partial charge on any atom is 0.270 e. The lowest BCUT2D eigenvalue weighted by molar-refractivity contribution is -0.384. The average molecular weight is 338 g/mol. The third-order valence-corrected chi connectivity index (χ3v) is 5.53. The quantitative estimate of drug-likeness (QED) is 0.681. The second kappa shape index (κ2) is 5.39. The number of nitro benzene ring substituents is 1. The second-order valence-corrected chi connectivity index (χ2v) is 7.31. The number of nitrogens with one attached hydrogen (secondary N) is 1. The summed E-state index contributed by atoms with van der Waals surface area (Å²) in [7, 11) is 0. The van der Waals surface area contributed by atoms with Crippen molar-refractivity contribution in [2.24, 2.45) is 11.3 Å². The lowest BCUT2D eigenvalue weighted by atomic mass is 9.57. The van der Waals surface area contributed by atoms with Crippen LogP contribution in [-0.2, 0) is 4.74 Å². The van der Waals surface area contributed by atoms with Gasteiger partial charge in [0.1, 0.15) is 5.82 Å². The summed E-state index contributed by atoms with van der Waals surface area (Å²) in [6.07, 6.45) is 1.29. The molecule has 1 N–H and O–H groups in total. The fourth-order valence-corrected chi connectivity index (χ4v) is 4.27. The number of rotatable bonds is 3. The van der Waals surface area contributed by atoms with E-state index in [4.69, 9.17) is 4.74 Å². The van der Waals surface area contributed by atoms with Crippen LogP contribution in [0.5, 0.6) is 0 Å². The normalized spacial score (nSPS) is 26.5. The number of nitro groups is 1. The molecule has 1 aromatic heterocycles. The van der Waals surface area contributed by atoms with Crippen molar-refractivity contribution < 1.29 is 9.66 Å². The van der Waals surface area contributed by atoms with E-state index in [-0.39, 0.29) is 23.2 Å². The molecule has 0 unspecified atom stereocenters. The number of anilines is 1. The van der Waals surface area contributed by atoms with Crippen molar-refractivity contribution in [1.82, 2.24) is 4.98 Å². The van der Waals surface area contributed by atoms with E-state index >= 15 is 0 Å². The number of aromatic nitrogens is 1. The van der Waals surface area contributed by atoms with E-state index in [0.717, 1.165) is 13.0 Å². The van der Waals surface area contributed by atoms with Crippen molar-refractivity contribution in [3.63, 3.8) is 0 Å². The van der Waals surface area contributed by atoms with Crippen LogP contribution in [0.2, 0.25) is 0 Å². The number of fused-ring (bicyclic) bond motifs is 2. The summed E-state index contributed by atoms with van der Waals surface area (Å²) in [5, 5.41) is 24.4. The smallest absolute Gasteiger partial charge is 0.270 e. The largest absolute Gasteiger partial charge is 0.377 e. The van der Waals surface area contributed by atoms with Crippen LogP contribution in [0.15, 0.2) is 24.3 Å². The zero-order valence-corrected chi connectivity index (χ0v) is 14.0. The molecule has 1 aliphatic carbocycles. The summed E-state index contributed by atoms with van der Waals surface area (Å²) in [5.74, 6) is 1.08.